The number of likely N-dealkylation sites (tertiary alicyclic amines) is 1. The Morgan fingerprint density at radius 3 is 2.42 bits per heavy atom. The van der Waals surface area contributed by atoms with Gasteiger partial charge in [0.1, 0.15) is 23.4 Å². The van der Waals surface area contributed by atoms with Crippen molar-refractivity contribution in [2.75, 3.05) is 27.3 Å². The zero-order chi connectivity index (χ0) is 18.8. The predicted molar refractivity (Wildman–Crippen MR) is 96.3 cm³/mol. The van der Waals surface area contributed by atoms with Crippen molar-refractivity contribution in [1.82, 2.24) is 9.47 Å². The molecule has 0 saturated carbocycles. The van der Waals surface area contributed by atoms with E-state index in [1.165, 1.54) is 13.2 Å². The van der Waals surface area contributed by atoms with E-state index in [9.17, 15) is 9.59 Å². The van der Waals surface area contributed by atoms with Crippen molar-refractivity contribution < 1.29 is 19.0 Å². The molecule has 7 nitrogen and oxygen atoms in total. The Morgan fingerprint density at radius 1 is 1.08 bits per heavy atom. The molecule has 2 heterocycles. The molecule has 1 aromatic carbocycles. The molecule has 0 radical (unpaired) electrons. The maximum atomic E-state index is 12.7. The summed E-state index contributed by atoms with van der Waals surface area (Å²) in [5.74, 6) is 1.51. The summed E-state index contributed by atoms with van der Waals surface area (Å²) in [4.78, 5) is 26.2. The van der Waals surface area contributed by atoms with Crippen LogP contribution in [0.4, 0.5) is 0 Å². The minimum atomic E-state index is -0.130. The van der Waals surface area contributed by atoms with Gasteiger partial charge in [0.05, 0.1) is 32.9 Å². The Bertz CT molecular complexity index is 884. The molecule has 0 atom stereocenters. The van der Waals surface area contributed by atoms with E-state index < -0.39 is 0 Å². The average molecular weight is 358 g/mol. The van der Waals surface area contributed by atoms with Crippen molar-refractivity contribution in [3.63, 3.8) is 0 Å². The lowest BCUT2D eigenvalue weighted by atomic mass is 10.1. The first-order chi connectivity index (χ1) is 12.4. The molecular formula is C19H22N2O5. The van der Waals surface area contributed by atoms with E-state index in [2.05, 4.69) is 0 Å². The van der Waals surface area contributed by atoms with Gasteiger partial charge in [-0.05, 0) is 25.1 Å². The molecule has 0 bridgehead atoms. The second-order valence-corrected chi connectivity index (χ2v) is 6.25. The van der Waals surface area contributed by atoms with Crippen LogP contribution in [-0.4, -0.2) is 48.8 Å². The minimum Gasteiger partial charge on any atom is -0.497 e. The fourth-order valence-corrected chi connectivity index (χ4v) is 2.82. The maximum absolute atomic E-state index is 12.7. The number of nitrogens with zero attached hydrogens (tertiary/aromatic N) is 2. The van der Waals surface area contributed by atoms with Gasteiger partial charge in [0.25, 0.3) is 11.5 Å². The van der Waals surface area contributed by atoms with Gasteiger partial charge in [-0.2, -0.15) is 0 Å². The number of rotatable bonds is 5. The molecule has 1 aromatic heterocycles. The number of methoxy groups -OCH3 is 2. The van der Waals surface area contributed by atoms with E-state index in [1.54, 1.807) is 41.8 Å². The Morgan fingerprint density at radius 2 is 1.81 bits per heavy atom. The molecule has 138 valence electrons. The molecular weight excluding hydrogens is 336 g/mol. The molecule has 0 N–H and O–H groups in total. The van der Waals surface area contributed by atoms with Gasteiger partial charge in [0.15, 0.2) is 0 Å². The second-order valence-electron chi connectivity index (χ2n) is 6.25. The first-order valence-corrected chi connectivity index (χ1v) is 8.28. The van der Waals surface area contributed by atoms with Crippen molar-refractivity contribution >= 4 is 5.91 Å². The normalized spacial score (nSPS) is 13.9. The van der Waals surface area contributed by atoms with Crippen LogP contribution in [0.2, 0.25) is 0 Å². The topological polar surface area (TPSA) is 70.0 Å². The molecule has 0 unspecified atom stereocenters. The lowest BCUT2D eigenvalue weighted by molar-refractivity contribution is 0.0174. The molecule has 1 fully saturated rings. The summed E-state index contributed by atoms with van der Waals surface area (Å²) in [6.45, 7) is 2.77. The van der Waals surface area contributed by atoms with Crippen LogP contribution in [0.3, 0.4) is 0 Å². The standard InChI is InChI=1S/C19H22N2O5/c1-12-7-14(9-18(22)20(12)2)26-15-10-21(11-15)19(23)16-6-5-13(24-3)8-17(16)25-4/h5-9,15H,10-11H2,1-4H3. The number of aryl methyl sites for hydroxylation is 1. The van der Waals surface area contributed by atoms with Crippen molar-refractivity contribution in [3.05, 3.63) is 51.9 Å². The summed E-state index contributed by atoms with van der Waals surface area (Å²) < 4.78 is 17.8. The smallest absolute Gasteiger partial charge is 0.257 e. The van der Waals surface area contributed by atoms with Gasteiger partial charge in [-0.25, -0.2) is 0 Å². The summed E-state index contributed by atoms with van der Waals surface area (Å²) in [5, 5.41) is 0. The summed E-state index contributed by atoms with van der Waals surface area (Å²) >= 11 is 0. The quantitative estimate of drug-likeness (QED) is 0.812. The maximum Gasteiger partial charge on any atom is 0.257 e. The SMILES string of the molecule is COc1ccc(C(=O)N2CC(Oc3cc(C)n(C)c(=O)c3)C2)c(OC)c1. The minimum absolute atomic E-state index is 0.116. The van der Waals surface area contributed by atoms with Crippen molar-refractivity contribution in [1.29, 1.82) is 0 Å². The number of hydrogen-bond acceptors (Lipinski definition) is 5. The summed E-state index contributed by atoms with van der Waals surface area (Å²) in [6, 6.07) is 8.39. The first-order valence-electron chi connectivity index (χ1n) is 8.28. The Labute approximate surface area is 151 Å². The number of benzene rings is 1. The highest BCUT2D eigenvalue weighted by Crippen LogP contribution is 2.28. The van der Waals surface area contributed by atoms with Crippen molar-refractivity contribution in [2.24, 2.45) is 7.05 Å². The summed E-state index contributed by atoms with van der Waals surface area (Å²) in [5.41, 5.74) is 1.19. The van der Waals surface area contributed by atoms with Crippen LogP contribution in [0.25, 0.3) is 0 Å². The van der Waals surface area contributed by atoms with E-state index in [-0.39, 0.29) is 17.6 Å². The van der Waals surface area contributed by atoms with Crippen molar-refractivity contribution in [3.8, 4) is 17.2 Å². The second kappa shape index (κ2) is 7.11. The lowest BCUT2D eigenvalue weighted by Crippen LogP contribution is -2.56. The van der Waals surface area contributed by atoms with Crippen molar-refractivity contribution in [2.45, 2.75) is 13.0 Å². The Hall–Kier alpha value is -2.96. The molecule has 26 heavy (non-hydrogen) atoms. The largest absolute Gasteiger partial charge is 0.497 e. The number of hydrogen-bond donors (Lipinski definition) is 0. The molecule has 2 aromatic rings. The number of carbonyl (C=O) groups excluding carboxylic acids is 1. The number of amides is 1. The summed E-state index contributed by atoms with van der Waals surface area (Å²) in [7, 11) is 4.80. The van der Waals surface area contributed by atoms with Crippen LogP contribution < -0.4 is 19.8 Å². The molecule has 1 aliphatic rings. The third kappa shape index (κ3) is 3.37. The van der Waals surface area contributed by atoms with E-state index >= 15 is 0 Å². The predicted octanol–water partition coefficient (Wildman–Crippen LogP) is 1.61. The Kier molecular flexibility index (Phi) is 4.88. The van der Waals surface area contributed by atoms with E-state index in [0.717, 1.165) is 5.69 Å². The third-order valence-corrected chi connectivity index (χ3v) is 4.55. The molecule has 1 aliphatic heterocycles. The van der Waals surface area contributed by atoms with Gasteiger partial charge in [-0.3, -0.25) is 9.59 Å². The highest BCUT2D eigenvalue weighted by Gasteiger charge is 2.34. The molecule has 0 spiro atoms. The van der Waals surface area contributed by atoms with E-state index in [4.69, 9.17) is 14.2 Å². The fourth-order valence-electron chi connectivity index (χ4n) is 2.82. The monoisotopic (exact) mass is 358 g/mol. The van der Waals surface area contributed by atoms with Crippen LogP contribution in [0.5, 0.6) is 17.2 Å². The van der Waals surface area contributed by atoms with Gasteiger partial charge in [0, 0.05) is 24.9 Å². The van der Waals surface area contributed by atoms with Crippen LogP contribution in [0, 0.1) is 6.92 Å². The van der Waals surface area contributed by atoms with Gasteiger partial charge in [-0.15, -0.1) is 0 Å². The molecule has 3 rings (SSSR count). The lowest BCUT2D eigenvalue weighted by Gasteiger charge is -2.39. The summed E-state index contributed by atoms with van der Waals surface area (Å²) in [6.07, 6.45) is -0.130. The van der Waals surface area contributed by atoms with Gasteiger partial charge in [-0.1, -0.05) is 0 Å². The van der Waals surface area contributed by atoms with Gasteiger partial charge >= 0.3 is 0 Å². The zero-order valence-electron chi connectivity index (χ0n) is 15.3. The average Bonchev–Trinajstić information content (AvgIpc) is 2.61. The fraction of sp³-hybridized carbons (Fsp3) is 0.368. The zero-order valence-corrected chi connectivity index (χ0v) is 15.3. The van der Waals surface area contributed by atoms with Gasteiger partial charge < -0.3 is 23.7 Å². The Balaban J connectivity index is 1.65. The van der Waals surface area contributed by atoms with Crippen LogP contribution in [0.1, 0.15) is 16.1 Å². The molecule has 0 aliphatic carbocycles. The number of aromatic nitrogens is 1. The molecule has 1 saturated heterocycles. The number of ether oxygens (including phenoxy) is 3. The van der Waals surface area contributed by atoms with E-state index in [1.807, 2.05) is 13.0 Å². The number of pyridine rings is 1. The third-order valence-electron chi connectivity index (χ3n) is 4.55. The highest BCUT2D eigenvalue weighted by atomic mass is 16.5. The van der Waals surface area contributed by atoms with E-state index in [0.29, 0.717) is 35.9 Å². The molecule has 1 amide bonds. The van der Waals surface area contributed by atoms with Gasteiger partial charge in [0.2, 0.25) is 0 Å². The first kappa shape index (κ1) is 17.8. The molecule has 7 heteroatoms. The van der Waals surface area contributed by atoms with Crippen LogP contribution >= 0.6 is 0 Å². The number of carbonyl (C=O) groups is 1. The van der Waals surface area contributed by atoms with Crippen LogP contribution in [-0.2, 0) is 7.05 Å². The van der Waals surface area contributed by atoms with Crippen LogP contribution in [0.15, 0.2) is 35.1 Å². The highest BCUT2D eigenvalue weighted by molar-refractivity contribution is 5.97.